The Morgan fingerprint density at radius 1 is 1.26 bits per heavy atom. The summed E-state index contributed by atoms with van der Waals surface area (Å²) >= 11 is 3.07. The number of rotatable bonds is 3. The highest BCUT2D eigenvalue weighted by Gasteiger charge is 2.32. The molecule has 8 heteroatoms. The van der Waals surface area contributed by atoms with Gasteiger partial charge in [0.15, 0.2) is 0 Å². The zero-order valence-corrected chi connectivity index (χ0v) is 16.0. The van der Waals surface area contributed by atoms with E-state index in [0.717, 1.165) is 28.1 Å². The second kappa shape index (κ2) is 6.54. The summed E-state index contributed by atoms with van der Waals surface area (Å²) in [6.07, 6.45) is 3.33. The van der Waals surface area contributed by atoms with Crippen molar-refractivity contribution in [1.29, 1.82) is 0 Å². The van der Waals surface area contributed by atoms with Crippen LogP contribution < -0.4 is 5.56 Å². The lowest BCUT2D eigenvalue weighted by molar-refractivity contribution is -0.132. The third-order valence-electron chi connectivity index (χ3n) is 4.92. The van der Waals surface area contributed by atoms with Crippen molar-refractivity contribution in [2.75, 3.05) is 6.54 Å². The van der Waals surface area contributed by atoms with E-state index in [0.29, 0.717) is 16.8 Å². The molecule has 0 saturated carbocycles. The molecule has 4 aromatic rings. The van der Waals surface area contributed by atoms with E-state index in [1.807, 2.05) is 28.5 Å². The van der Waals surface area contributed by atoms with Gasteiger partial charge in [-0.15, -0.1) is 22.7 Å². The van der Waals surface area contributed by atoms with E-state index in [1.54, 1.807) is 17.4 Å². The summed E-state index contributed by atoms with van der Waals surface area (Å²) in [7, 11) is 0. The maximum Gasteiger partial charge on any atom is 0.262 e. The van der Waals surface area contributed by atoms with E-state index >= 15 is 0 Å². The number of carbonyl (C=O) groups is 1. The Hall–Kier alpha value is -2.58. The predicted molar refractivity (Wildman–Crippen MR) is 107 cm³/mol. The van der Waals surface area contributed by atoms with Crippen LogP contribution in [0.15, 0.2) is 46.8 Å². The number of nitrogens with zero attached hydrogens (tertiary/aromatic N) is 4. The molecule has 0 bridgehead atoms. The Morgan fingerprint density at radius 3 is 3.04 bits per heavy atom. The van der Waals surface area contributed by atoms with Crippen LogP contribution in [0, 0.1) is 0 Å². The number of hydrogen-bond donors (Lipinski definition) is 0. The van der Waals surface area contributed by atoms with Crippen LogP contribution in [-0.4, -0.2) is 31.9 Å². The minimum atomic E-state index is -0.162. The first-order chi connectivity index (χ1) is 13.2. The van der Waals surface area contributed by atoms with E-state index in [9.17, 15) is 9.59 Å². The second-order valence-corrected chi connectivity index (χ2v) is 8.54. The van der Waals surface area contributed by atoms with Gasteiger partial charge in [-0.25, -0.2) is 9.97 Å². The smallest absolute Gasteiger partial charge is 0.262 e. The maximum absolute atomic E-state index is 13.0. The van der Waals surface area contributed by atoms with Crippen LogP contribution in [0.5, 0.6) is 0 Å². The first-order valence-corrected chi connectivity index (χ1v) is 10.5. The number of benzene rings is 1. The number of para-hydroxylation sites is 1. The summed E-state index contributed by atoms with van der Waals surface area (Å²) in [6.45, 7) is 0.710. The lowest BCUT2D eigenvalue weighted by Gasteiger charge is -2.23. The molecule has 0 spiro atoms. The van der Waals surface area contributed by atoms with Crippen molar-refractivity contribution in [2.24, 2.45) is 0 Å². The molecule has 1 aromatic carbocycles. The highest BCUT2D eigenvalue weighted by Crippen LogP contribution is 2.36. The van der Waals surface area contributed by atoms with Crippen LogP contribution in [0.1, 0.15) is 23.9 Å². The maximum atomic E-state index is 13.0. The van der Waals surface area contributed by atoms with E-state index in [-0.39, 0.29) is 24.1 Å². The highest BCUT2D eigenvalue weighted by atomic mass is 32.1. The van der Waals surface area contributed by atoms with Crippen LogP contribution in [0.4, 0.5) is 0 Å². The molecule has 136 valence electrons. The fraction of sp³-hybridized carbons (Fsp3) is 0.263. The van der Waals surface area contributed by atoms with E-state index in [1.165, 1.54) is 22.2 Å². The molecule has 1 aliphatic heterocycles. The minimum absolute atomic E-state index is 0.0107. The fourth-order valence-electron chi connectivity index (χ4n) is 3.60. The van der Waals surface area contributed by atoms with Crippen LogP contribution in [0.3, 0.4) is 0 Å². The summed E-state index contributed by atoms with van der Waals surface area (Å²) in [5.41, 5.74) is 0.811. The molecule has 27 heavy (non-hydrogen) atoms. The number of hydrogen-bond acceptors (Lipinski definition) is 6. The van der Waals surface area contributed by atoms with Gasteiger partial charge in [-0.3, -0.25) is 14.2 Å². The molecule has 1 atom stereocenters. The highest BCUT2D eigenvalue weighted by molar-refractivity contribution is 7.18. The zero-order valence-electron chi connectivity index (χ0n) is 14.4. The Labute approximate surface area is 162 Å². The lowest BCUT2D eigenvalue weighted by atomic mass is 10.2. The van der Waals surface area contributed by atoms with Gasteiger partial charge in [-0.05, 0) is 36.4 Å². The van der Waals surface area contributed by atoms with Gasteiger partial charge in [0.05, 0.1) is 28.0 Å². The average Bonchev–Trinajstić information content (AvgIpc) is 3.42. The molecule has 1 saturated heterocycles. The Bertz CT molecular complexity index is 1180. The number of likely N-dealkylation sites (tertiary alicyclic amines) is 1. The fourth-order valence-corrected chi connectivity index (χ4v) is 5.44. The van der Waals surface area contributed by atoms with Gasteiger partial charge in [0, 0.05) is 6.54 Å². The summed E-state index contributed by atoms with van der Waals surface area (Å²) in [6, 6.07) is 9.78. The molecule has 3 aromatic heterocycles. The molecule has 5 rings (SSSR count). The summed E-state index contributed by atoms with van der Waals surface area (Å²) < 4.78 is 2.54. The summed E-state index contributed by atoms with van der Waals surface area (Å²) in [5, 5.41) is 3.38. The predicted octanol–water partition coefficient (Wildman–Crippen LogP) is 3.43. The molecular formula is C19H16N4O2S2. The molecule has 6 nitrogen and oxygen atoms in total. The van der Waals surface area contributed by atoms with Crippen molar-refractivity contribution in [3.05, 3.63) is 57.4 Å². The monoisotopic (exact) mass is 396 g/mol. The third-order valence-corrected chi connectivity index (χ3v) is 6.88. The Kier molecular flexibility index (Phi) is 4.02. The van der Waals surface area contributed by atoms with Crippen molar-refractivity contribution >= 4 is 49.0 Å². The molecular weight excluding hydrogens is 380 g/mol. The van der Waals surface area contributed by atoms with Gasteiger partial charge >= 0.3 is 0 Å². The number of carbonyl (C=O) groups excluding carboxylic acids is 1. The van der Waals surface area contributed by atoms with E-state index in [4.69, 9.17) is 4.98 Å². The SMILES string of the molecule is O=C(Cn1cnc2sccc2c1=O)N1CCCC1c1nc2ccccc2s1. The molecule has 0 aliphatic carbocycles. The number of thiophene rings is 1. The van der Waals surface area contributed by atoms with E-state index in [2.05, 4.69) is 11.1 Å². The minimum Gasteiger partial charge on any atom is -0.332 e. The Morgan fingerprint density at radius 2 is 2.15 bits per heavy atom. The van der Waals surface area contributed by atoms with Crippen molar-refractivity contribution in [3.8, 4) is 0 Å². The number of aromatic nitrogens is 3. The van der Waals surface area contributed by atoms with Crippen molar-refractivity contribution in [3.63, 3.8) is 0 Å². The van der Waals surface area contributed by atoms with Crippen LogP contribution in [0.25, 0.3) is 20.4 Å². The molecule has 1 amide bonds. The van der Waals surface area contributed by atoms with Crippen LogP contribution in [-0.2, 0) is 11.3 Å². The van der Waals surface area contributed by atoms with E-state index < -0.39 is 0 Å². The summed E-state index contributed by atoms with van der Waals surface area (Å²) in [4.78, 5) is 37.1. The Balaban J connectivity index is 1.43. The lowest BCUT2D eigenvalue weighted by Crippen LogP contribution is -2.36. The van der Waals surface area contributed by atoms with Gasteiger partial charge in [-0.1, -0.05) is 12.1 Å². The van der Waals surface area contributed by atoms with Crippen LogP contribution >= 0.6 is 22.7 Å². The van der Waals surface area contributed by atoms with Crippen LogP contribution in [0.2, 0.25) is 0 Å². The van der Waals surface area contributed by atoms with Gasteiger partial charge in [0.25, 0.3) is 5.56 Å². The van der Waals surface area contributed by atoms with Gasteiger partial charge < -0.3 is 4.90 Å². The largest absolute Gasteiger partial charge is 0.332 e. The molecule has 1 unspecified atom stereocenters. The number of thiazole rings is 1. The first-order valence-electron chi connectivity index (χ1n) is 8.78. The van der Waals surface area contributed by atoms with Crippen molar-refractivity contribution in [1.82, 2.24) is 19.4 Å². The second-order valence-electron chi connectivity index (χ2n) is 6.58. The molecule has 1 aliphatic rings. The first kappa shape index (κ1) is 16.6. The molecule has 4 heterocycles. The zero-order chi connectivity index (χ0) is 18.4. The molecule has 1 fully saturated rings. The third kappa shape index (κ3) is 2.85. The number of amides is 1. The van der Waals surface area contributed by atoms with Gasteiger partial charge in [0.1, 0.15) is 16.4 Å². The molecule has 0 radical (unpaired) electrons. The standard InChI is InChI=1S/C19H16N4O2S2/c24-16(10-22-11-20-17-12(19(22)25)7-9-26-17)23-8-3-5-14(23)18-21-13-4-1-2-6-15(13)27-18/h1-2,4,6-7,9,11,14H,3,5,8,10H2. The quantitative estimate of drug-likeness (QED) is 0.532. The average molecular weight is 396 g/mol. The van der Waals surface area contributed by atoms with Crippen molar-refractivity contribution < 1.29 is 4.79 Å². The van der Waals surface area contributed by atoms with Gasteiger partial charge in [-0.2, -0.15) is 0 Å². The normalized spacial score (nSPS) is 17.2. The van der Waals surface area contributed by atoms with Crippen molar-refractivity contribution in [2.45, 2.75) is 25.4 Å². The van der Waals surface area contributed by atoms with Gasteiger partial charge in [0.2, 0.25) is 5.91 Å². The number of fused-ring (bicyclic) bond motifs is 2. The molecule has 0 N–H and O–H groups in total. The topological polar surface area (TPSA) is 68.1 Å². The summed E-state index contributed by atoms with van der Waals surface area (Å²) in [5.74, 6) is -0.0600.